The number of fused-ring (bicyclic) bond motifs is 8. The zero-order valence-corrected chi connectivity index (χ0v) is 57.1. The van der Waals surface area contributed by atoms with Gasteiger partial charge >= 0.3 is 0 Å². The Morgan fingerprint density at radius 2 is 0.528 bits per heavy atom. The molecule has 0 spiro atoms. The molecule has 20 aromatic rings. The zero-order valence-electron chi connectivity index (χ0n) is 57.1. The van der Waals surface area contributed by atoms with E-state index in [1.54, 1.807) is 0 Å². The summed E-state index contributed by atoms with van der Waals surface area (Å²) >= 11 is 0. The minimum Gasteiger partial charge on any atom is -0.456 e. The predicted octanol–water partition coefficient (Wildman–Crippen LogP) is 25.8. The lowest BCUT2D eigenvalue weighted by molar-refractivity contribution is 0.669. The summed E-state index contributed by atoms with van der Waals surface area (Å²) in [5.41, 5.74) is 23.7. The Balaban J connectivity index is 0.678. The van der Waals surface area contributed by atoms with Crippen molar-refractivity contribution < 1.29 is 8.83 Å². The van der Waals surface area contributed by atoms with E-state index in [1.165, 1.54) is 38.2 Å². The highest BCUT2D eigenvalue weighted by atomic mass is 16.3. The van der Waals surface area contributed by atoms with Gasteiger partial charge in [-0.15, -0.1) is 0 Å². The van der Waals surface area contributed by atoms with Gasteiger partial charge in [0.1, 0.15) is 22.3 Å². The summed E-state index contributed by atoms with van der Waals surface area (Å²) in [6.45, 7) is 0. The molecule has 0 unspecified atom stereocenters. The summed E-state index contributed by atoms with van der Waals surface area (Å²) in [6.07, 6.45) is 0. The third kappa shape index (κ3) is 11.2. The molecule has 0 aliphatic carbocycles. The molecule has 8 heteroatoms. The topological polar surface area (TPSA) is 104 Å². The molecule has 4 aromatic heterocycles. The van der Waals surface area contributed by atoms with Crippen molar-refractivity contribution in [1.82, 2.24) is 29.9 Å². The second-order valence-electron chi connectivity index (χ2n) is 26.8. The molecule has 0 aliphatic rings. The maximum atomic E-state index is 7.12. The van der Waals surface area contributed by atoms with Gasteiger partial charge in [-0.25, -0.2) is 29.9 Å². The Morgan fingerprint density at radius 3 is 1.10 bits per heavy atom. The highest BCUT2D eigenvalue weighted by molar-refractivity contribution is 6.18. The summed E-state index contributed by atoms with van der Waals surface area (Å²) in [5.74, 6) is 3.50. The van der Waals surface area contributed by atoms with Crippen LogP contribution in [0.15, 0.2) is 373 Å². The van der Waals surface area contributed by atoms with E-state index >= 15 is 0 Å². The van der Waals surface area contributed by atoms with Gasteiger partial charge in [0.2, 0.25) is 0 Å². The molecule has 16 aromatic carbocycles. The van der Waals surface area contributed by atoms with Crippen molar-refractivity contribution in [2.75, 3.05) is 0 Å². The van der Waals surface area contributed by atoms with Crippen LogP contribution >= 0.6 is 0 Å². The van der Waals surface area contributed by atoms with Crippen LogP contribution in [0.3, 0.4) is 0 Å². The lowest BCUT2D eigenvalue weighted by atomic mass is 9.91. The molecular weight excluding hydrogens is 1290 g/mol. The minimum atomic E-state index is 0.550. The molecule has 4 heterocycles. The molecule has 0 bridgehead atoms. The maximum absolute atomic E-state index is 7.12. The number of benzene rings is 16. The summed E-state index contributed by atoms with van der Waals surface area (Å²) in [6, 6.07) is 128. The number of furan rings is 2. The van der Waals surface area contributed by atoms with Crippen molar-refractivity contribution in [2.24, 2.45) is 0 Å². The first-order valence-electron chi connectivity index (χ1n) is 35.6. The molecule has 0 amide bonds. The van der Waals surface area contributed by atoms with E-state index in [2.05, 4.69) is 273 Å². The third-order valence-electron chi connectivity index (χ3n) is 20.4. The lowest BCUT2D eigenvalue weighted by Crippen LogP contribution is -2.00. The Kier molecular flexibility index (Phi) is 15.0. The van der Waals surface area contributed by atoms with Crippen LogP contribution in [0.2, 0.25) is 0 Å². The highest BCUT2D eigenvalue weighted by Crippen LogP contribution is 2.46. The van der Waals surface area contributed by atoms with Crippen molar-refractivity contribution in [3.63, 3.8) is 0 Å². The van der Waals surface area contributed by atoms with Crippen LogP contribution in [0, 0.1) is 0 Å². The fraction of sp³-hybridized carbons (Fsp3) is 0. The Hall–Kier alpha value is -14.3. The molecule has 8 nitrogen and oxygen atoms in total. The average molecular weight is 1350 g/mol. The smallest absolute Gasteiger partial charge is 0.164 e. The van der Waals surface area contributed by atoms with Gasteiger partial charge in [-0.3, -0.25) is 0 Å². The summed E-state index contributed by atoms with van der Waals surface area (Å²) in [4.78, 5) is 30.8. The van der Waals surface area contributed by atoms with Gasteiger partial charge in [0, 0.05) is 60.5 Å². The van der Waals surface area contributed by atoms with E-state index in [4.69, 9.17) is 38.7 Å². The van der Waals surface area contributed by atoms with Crippen molar-refractivity contribution in [1.29, 1.82) is 0 Å². The van der Waals surface area contributed by atoms with Crippen LogP contribution in [0.1, 0.15) is 0 Å². The van der Waals surface area contributed by atoms with Crippen molar-refractivity contribution in [3.05, 3.63) is 364 Å². The highest BCUT2D eigenvalue weighted by Gasteiger charge is 2.23. The predicted molar refractivity (Wildman–Crippen MR) is 433 cm³/mol. The van der Waals surface area contributed by atoms with E-state index in [0.717, 1.165) is 138 Å². The van der Waals surface area contributed by atoms with Gasteiger partial charge < -0.3 is 8.83 Å². The van der Waals surface area contributed by atoms with Crippen molar-refractivity contribution in [2.45, 2.75) is 0 Å². The first kappa shape index (κ1) is 61.5. The molecule has 0 saturated carbocycles. The van der Waals surface area contributed by atoms with E-state index in [9.17, 15) is 0 Å². The molecule has 0 aliphatic heterocycles. The molecule has 0 atom stereocenters. The monoisotopic (exact) mass is 1350 g/mol. The van der Waals surface area contributed by atoms with Crippen LogP contribution in [0.4, 0.5) is 0 Å². The molecule has 0 saturated heterocycles. The summed E-state index contributed by atoms with van der Waals surface area (Å²) in [5, 5.41) is 8.94. The number of hydrogen-bond donors (Lipinski definition) is 0. The Bertz CT molecular complexity index is 6720. The van der Waals surface area contributed by atoms with Gasteiger partial charge in [0.05, 0.1) is 0 Å². The van der Waals surface area contributed by atoms with E-state index in [0.29, 0.717) is 34.9 Å². The standard InChI is InChI=1S/C98H60N6O2/c1-5-21-64(22-6-1)78-53-54-79(83-33-16-15-32-82(78)83)75-52-55-87-85(58-75)90-81(35-19-36-88(90)105-87)74-30-17-31-76(57-74)98-103-95(69-27-11-4-12-28-69)102-97(104-98)71-49-45-66(46-50-71)84-59-77(63-40-38-62(39-41-63)73-51-42-61-20-13-14-29-72(61)56-73)60-86-91-80(34-18-37-89(91)106-92(84)86)65-43-47-70(48-44-65)96-100-93(67-23-7-2-8-24-67)99-94(101-96)68-25-9-3-10-26-68/h1-60H. The van der Waals surface area contributed by atoms with Crippen LogP contribution in [-0.4, -0.2) is 29.9 Å². The van der Waals surface area contributed by atoms with Crippen LogP contribution < -0.4 is 0 Å². The van der Waals surface area contributed by atoms with E-state index in [-0.39, 0.29) is 0 Å². The van der Waals surface area contributed by atoms with Gasteiger partial charge in [0.15, 0.2) is 34.9 Å². The largest absolute Gasteiger partial charge is 0.456 e. The van der Waals surface area contributed by atoms with Crippen molar-refractivity contribution >= 4 is 65.4 Å². The SMILES string of the molecule is c1ccc(-c2nc(-c3ccccc3)nc(-c3ccc(-c4cccc5oc6c(-c7ccc(-c8nc(-c9ccccc9)nc(-c9cccc(-c%10cccc%11oc%12ccc(-c%13ccc(-c%14ccccc%14)c%14ccccc%13%14)cc%12c%10%11)c9)n8)cc7)cc(-c7ccc(-c8ccc9ccccc9c8)cc7)cc6c45)cc3)n2)cc1. The van der Waals surface area contributed by atoms with Gasteiger partial charge in [0.25, 0.3) is 0 Å². The minimum absolute atomic E-state index is 0.550. The van der Waals surface area contributed by atoms with Crippen LogP contribution in [0.25, 0.3) is 212 Å². The molecule has 0 radical (unpaired) electrons. The normalized spacial score (nSPS) is 11.6. The van der Waals surface area contributed by atoms with E-state index in [1.807, 2.05) is 91.0 Å². The fourth-order valence-corrected chi connectivity index (χ4v) is 15.1. The van der Waals surface area contributed by atoms with Crippen LogP contribution in [-0.2, 0) is 0 Å². The number of rotatable bonds is 13. The van der Waals surface area contributed by atoms with E-state index < -0.39 is 0 Å². The molecule has 106 heavy (non-hydrogen) atoms. The molecule has 0 N–H and O–H groups in total. The quantitative estimate of drug-likeness (QED) is 0.112. The first-order valence-corrected chi connectivity index (χ1v) is 35.6. The van der Waals surface area contributed by atoms with Crippen LogP contribution in [0.5, 0.6) is 0 Å². The average Bonchev–Trinajstić information content (AvgIpc) is 1.58. The second kappa shape index (κ2) is 25.9. The molecular formula is C98H60N6O2. The fourth-order valence-electron chi connectivity index (χ4n) is 15.1. The lowest BCUT2D eigenvalue weighted by Gasteiger charge is -2.12. The summed E-state index contributed by atoms with van der Waals surface area (Å²) in [7, 11) is 0. The Morgan fingerprint density at radius 1 is 0.160 bits per heavy atom. The zero-order chi connectivity index (χ0) is 70.0. The van der Waals surface area contributed by atoms with Gasteiger partial charge in [-0.05, 0) is 142 Å². The second-order valence-corrected chi connectivity index (χ2v) is 26.8. The number of aromatic nitrogens is 6. The molecule has 494 valence electrons. The number of nitrogens with zero attached hydrogens (tertiary/aromatic N) is 6. The van der Waals surface area contributed by atoms with Crippen molar-refractivity contribution in [3.8, 4) is 146 Å². The van der Waals surface area contributed by atoms with Gasteiger partial charge in [-0.2, -0.15) is 0 Å². The molecule has 20 rings (SSSR count). The first-order chi connectivity index (χ1) is 52.5. The number of hydrogen-bond acceptors (Lipinski definition) is 8. The van der Waals surface area contributed by atoms with Gasteiger partial charge in [-0.1, -0.05) is 315 Å². The molecule has 0 fully saturated rings. The third-order valence-corrected chi connectivity index (χ3v) is 20.4. The Labute approximate surface area is 610 Å². The maximum Gasteiger partial charge on any atom is 0.164 e. The summed E-state index contributed by atoms with van der Waals surface area (Å²) < 4.78 is 13.8.